The molecule has 0 atom stereocenters. The van der Waals surface area contributed by atoms with Crippen molar-refractivity contribution in [3.05, 3.63) is 60.4 Å². The molecule has 0 saturated carbocycles. The van der Waals surface area contributed by atoms with Gasteiger partial charge in [0.2, 0.25) is 0 Å². The molecule has 1 aromatic heterocycles. The fraction of sp³-hybridized carbons (Fsp3) is 0.312. The first kappa shape index (κ1) is 15.5. The molecule has 0 saturated heterocycles. The summed E-state index contributed by atoms with van der Waals surface area (Å²) >= 11 is 0. The lowest BCUT2D eigenvalue weighted by Crippen LogP contribution is -3.00. The number of hydrogen-bond donors (Lipinski definition) is 0. The Kier molecular flexibility index (Phi) is 6.37. The second-order valence-corrected chi connectivity index (χ2v) is 4.53. The summed E-state index contributed by atoms with van der Waals surface area (Å²) in [5, 5.41) is 0. The van der Waals surface area contributed by atoms with E-state index >= 15 is 0 Å². The summed E-state index contributed by atoms with van der Waals surface area (Å²) in [5.41, 5.74) is 2.61. The van der Waals surface area contributed by atoms with Gasteiger partial charge in [-0.2, -0.15) is 0 Å². The third-order valence-electron chi connectivity index (χ3n) is 3.19. The maximum absolute atomic E-state index is 2.40. The van der Waals surface area contributed by atoms with Crippen LogP contribution in [0.5, 0.6) is 0 Å². The lowest BCUT2D eigenvalue weighted by atomic mass is 10.3. The molecular formula is C16H21ClN2. The van der Waals surface area contributed by atoms with Crippen molar-refractivity contribution < 1.29 is 17.0 Å². The molecule has 0 aliphatic carbocycles. The molecule has 2 nitrogen and oxygen atoms in total. The Balaban J connectivity index is 0.00000180. The number of para-hydroxylation sites is 1. The molecule has 0 aliphatic rings. The number of aryl methyl sites for hydroxylation is 1. The third-order valence-corrected chi connectivity index (χ3v) is 3.19. The van der Waals surface area contributed by atoms with E-state index in [0.29, 0.717) is 0 Å². The van der Waals surface area contributed by atoms with Gasteiger partial charge in [-0.05, 0) is 31.5 Å². The van der Waals surface area contributed by atoms with Crippen LogP contribution in [0.4, 0.5) is 5.69 Å². The van der Waals surface area contributed by atoms with Crippen molar-refractivity contribution in [2.75, 3.05) is 18.0 Å². The van der Waals surface area contributed by atoms with E-state index in [2.05, 4.69) is 78.2 Å². The molecule has 1 aromatic carbocycles. The van der Waals surface area contributed by atoms with Gasteiger partial charge in [-0.25, -0.2) is 4.57 Å². The maximum atomic E-state index is 2.40. The molecule has 0 N–H and O–H groups in total. The van der Waals surface area contributed by atoms with Crippen LogP contribution in [0.15, 0.2) is 54.9 Å². The summed E-state index contributed by atoms with van der Waals surface area (Å²) in [4.78, 5) is 2.40. The van der Waals surface area contributed by atoms with Gasteiger partial charge in [0.15, 0.2) is 18.9 Å². The molecule has 0 aliphatic heterocycles. The lowest BCUT2D eigenvalue weighted by molar-refractivity contribution is -0.694. The van der Waals surface area contributed by atoms with Crippen LogP contribution in [-0.2, 0) is 6.54 Å². The first-order valence-electron chi connectivity index (χ1n) is 6.55. The largest absolute Gasteiger partial charge is 1.00 e. The monoisotopic (exact) mass is 276 g/mol. The van der Waals surface area contributed by atoms with Crippen LogP contribution in [0, 0.1) is 6.92 Å². The highest BCUT2D eigenvalue weighted by atomic mass is 35.5. The van der Waals surface area contributed by atoms with Crippen LogP contribution in [0.3, 0.4) is 0 Å². The summed E-state index contributed by atoms with van der Waals surface area (Å²) in [6.45, 7) is 7.41. The Bertz CT molecular complexity index is 468. The fourth-order valence-corrected chi connectivity index (χ4v) is 2.03. The van der Waals surface area contributed by atoms with E-state index in [9.17, 15) is 0 Å². The van der Waals surface area contributed by atoms with Crippen molar-refractivity contribution in [1.29, 1.82) is 0 Å². The van der Waals surface area contributed by atoms with Crippen LogP contribution < -0.4 is 21.9 Å². The van der Waals surface area contributed by atoms with E-state index < -0.39 is 0 Å². The molecule has 0 fully saturated rings. The predicted octanol–water partition coefficient (Wildman–Crippen LogP) is -0.187. The van der Waals surface area contributed by atoms with Crippen molar-refractivity contribution in [2.24, 2.45) is 0 Å². The summed E-state index contributed by atoms with van der Waals surface area (Å²) in [6.07, 6.45) is 4.29. The quantitative estimate of drug-likeness (QED) is 0.687. The fourth-order valence-electron chi connectivity index (χ4n) is 2.03. The van der Waals surface area contributed by atoms with Gasteiger partial charge in [-0.15, -0.1) is 0 Å². The van der Waals surface area contributed by atoms with E-state index in [1.807, 2.05) is 0 Å². The number of benzene rings is 1. The van der Waals surface area contributed by atoms with Crippen LogP contribution >= 0.6 is 0 Å². The Labute approximate surface area is 122 Å². The first-order valence-corrected chi connectivity index (χ1v) is 6.55. The highest BCUT2D eigenvalue weighted by molar-refractivity contribution is 5.45. The second-order valence-electron chi connectivity index (χ2n) is 4.53. The number of aromatic nitrogens is 1. The van der Waals surface area contributed by atoms with Gasteiger partial charge in [-0.1, -0.05) is 18.2 Å². The average molecular weight is 277 g/mol. The lowest BCUT2D eigenvalue weighted by Gasteiger charge is -2.21. The average Bonchev–Trinajstić information content (AvgIpc) is 2.43. The zero-order chi connectivity index (χ0) is 12.8. The van der Waals surface area contributed by atoms with Crippen LogP contribution in [-0.4, -0.2) is 13.1 Å². The van der Waals surface area contributed by atoms with Gasteiger partial charge in [0.1, 0.15) is 0 Å². The highest BCUT2D eigenvalue weighted by Crippen LogP contribution is 2.11. The van der Waals surface area contributed by atoms with Crippen LogP contribution in [0.1, 0.15) is 12.5 Å². The van der Waals surface area contributed by atoms with Gasteiger partial charge in [0.05, 0.1) is 6.54 Å². The van der Waals surface area contributed by atoms with Crippen LogP contribution in [0.25, 0.3) is 0 Å². The number of nitrogens with zero attached hydrogens (tertiary/aromatic N) is 2. The molecule has 1 heterocycles. The number of pyridine rings is 1. The summed E-state index contributed by atoms with van der Waals surface area (Å²) in [5.74, 6) is 0. The standard InChI is InChI=1S/C16H21N2.ClH/c1-3-18(16-7-5-4-6-8-16)14-13-17-11-9-15(2)10-12-17;/h4-12H,3,13-14H2,1-2H3;1H/q+1;/p-1. The zero-order valence-corrected chi connectivity index (χ0v) is 12.3. The Hall–Kier alpha value is -1.54. The SMILES string of the molecule is CCN(CC[n+]1ccc(C)cc1)c1ccccc1.[Cl-]. The zero-order valence-electron chi connectivity index (χ0n) is 11.6. The normalized spacial score (nSPS) is 9.79. The van der Waals surface area contributed by atoms with Crippen molar-refractivity contribution in [1.82, 2.24) is 0 Å². The molecule has 102 valence electrons. The Morgan fingerprint density at radius 2 is 1.63 bits per heavy atom. The molecule has 3 heteroatoms. The van der Waals surface area contributed by atoms with Gasteiger partial charge in [0, 0.05) is 24.4 Å². The van der Waals surface area contributed by atoms with E-state index in [0.717, 1.165) is 19.6 Å². The van der Waals surface area contributed by atoms with Crippen molar-refractivity contribution >= 4 is 5.69 Å². The van der Waals surface area contributed by atoms with E-state index in [-0.39, 0.29) is 12.4 Å². The molecule has 0 spiro atoms. The number of halogens is 1. The molecule has 0 radical (unpaired) electrons. The predicted molar refractivity (Wildman–Crippen MR) is 75.7 cm³/mol. The molecule has 0 unspecified atom stereocenters. The summed E-state index contributed by atoms with van der Waals surface area (Å²) in [7, 11) is 0. The van der Waals surface area contributed by atoms with Crippen LogP contribution in [0.2, 0.25) is 0 Å². The Morgan fingerprint density at radius 1 is 1.00 bits per heavy atom. The first-order chi connectivity index (χ1) is 8.79. The molecule has 19 heavy (non-hydrogen) atoms. The molecule has 2 aromatic rings. The summed E-state index contributed by atoms with van der Waals surface area (Å²) in [6, 6.07) is 14.9. The smallest absolute Gasteiger partial charge is 0.169 e. The molecular weight excluding hydrogens is 256 g/mol. The van der Waals surface area contributed by atoms with Gasteiger partial charge < -0.3 is 17.3 Å². The van der Waals surface area contributed by atoms with Crippen molar-refractivity contribution in [3.8, 4) is 0 Å². The molecule has 0 amide bonds. The van der Waals surface area contributed by atoms with Crippen molar-refractivity contribution in [3.63, 3.8) is 0 Å². The topological polar surface area (TPSA) is 7.12 Å². The minimum Gasteiger partial charge on any atom is -1.00 e. The minimum absolute atomic E-state index is 0. The molecule has 0 bridgehead atoms. The van der Waals surface area contributed by atoms with Gasteiger partial charge >= 0.3 is 0 Å². The second kappa shape index (κ2) is 7.80. The number of anilines is 1. The van der Waals surface area contributed by atoms with E-state index in [1.54, 1.807) is 0 Å². The van der Waals surface area contributed by atoms with E-state index in [1.165, 1.54) is 11.3 Å². The van der Waals surface area contributed by atoms with Crippen molar-refractivity contribution in [2.45, 2.75) is 20.4 Å². The maximum Gasteiger partial charge on any atom is 0.169 e. The highest BCUT2D eigenvalue weighted by Gasteiger charge is 2.06. The van der Waals surface area contributed by atoms with Gasteiger partial charge in [-0.3, -0.25) is 0 Å². The summed E-state index contributed by atoms with van der Waals surface area (Å²) < 4.78 is 2.23. The number of hydrogen-bond acceptors (Lipinski definition) is 1. The van der Waals surface area contributed by atoms with E-state index in [4.69, 9.17) is 0 Å². The van der Waals surface area contributed by atoms with Gasteiger partial charge in [0.25, 0.3) is 0 Å². The third kappa shape index (κ3) is 4.56. The molecule has 2 rings (SSSR count). The minimum atomic E-state index is 0. The number of likely N-dealkylation sites (N-methyl/N-ethyl adjacent to an activating group) is 1. The Morgan fingerprint density at radius 3 is 2.21 bits per heavy atom. The number of rotatable bonds is 5.